The van der Waals surface area contributed by atoms with Gasteiger partial charge in [-0.1, -0.05) is 25.0 Å². The maximum absolute atomic E-state index is 12.8. The lowest BCUT2D eigenvalue weighted by Crippen LogP contribution is -2.54. The Bertz CT molecular complexity index is 659. The maximum Gasteiger partial charge on any atom is 0.242 e. The van der Waals surface area contributed by atoms with E-state index in [1.54, 1.807) is 7.11 Å². The van der Waals surface area contributed by atoms with Gasteiger partial charge < -0.3 is 20.3 Å². The van der Waals surface area contributed by atoms with Crippen LogP contribution in [0, 0.1) is 0 Å². The molecule has 1 heterocycles. The number of halogens is 1. The predicted octanol–water partition coefficient (Wildman–Crippen LogP) is 2.38. The molecule has 2 fully saturated rings. The van der Waals surface area contributed by atoms with Gasteiger partial charge in [-0.2, -0.15) is 0 Å². The fraction of sp³-hybridized carbons (Fsp3) is 0.619. The van der Waals surface area contributed by atoms with E-state index in [0.29, 0.717) is 39.0 Å². The summed E-state index contributed by atoms with van der Waals surface area (Å²) < 4.78 is 5.16. The average molecular weight is 410 g/mol. The fourth-order valence-corrected chi connectivity index (χ4v) is 4.11. The highest BCUT2D eigenvalue weighted by Crippen LogP contribution is 2.29. The molecule has 7 heteroatoms. The second-order valence-electron chi connectivity index (χ2n) is 7.74. The van der Waals surface area contributed by atoms with Gasteiger partial charge in [0.25, 0.3) is 0 Å². The van der Waals surface area contributed by atoms with Gasteiger partial charge in [0, 0.05) is 32.6 Å². The molecule has 1 aliphatic carbocycles. The minimum Gasteiger partial charge on any atom is -0.497 e. The summed E-state index contributed by atoms with van der Waals surface area (Å²) in [6, 6.07) is 7.83. The first-order valence-corrected chi connectivity index (χ1v) is 10.0. The largest absolute Gasteiger partial charge is 0.497 e. The first-order chi connectivity index (χ1) is 13.0. The molecular weight excluding hydrogens is 378 g/mol. The van der Waals surface area contributed by atoms with Crippen LogP contribution >= 0.6 is 12.4 Å². The molecule has 0 spiro atoms. The smallest absolute Gasteiger partial charge is 0.242 e. The first-order valence-electron chi connectivity index (χ1n) is 10.0. The molecule has 0 aromatic heterocycles. The van der Waals surface area contributed by atoms with E-state index in [2.05, 4.69) is 0 Å². The summed E-state index contributed by atoms with van der Waals surface area (Å²) >= 11 is 0. The third-order valence-corrected chi connectivity index (χ3v) is 5.84. The van der Waals surface area contributed by atoms with E-state index < -0.39 is 5.54 Å². The highest BCUT2D eigenvalue weighted by atomic mass is 35.5. The van der Waals surface area contributed by atoms with E-state index >= 15 is 0 Å². The summed E-state index contributed by atoms with van der Waals surface area (Å²) in [6.45, 7) is 2.60. The molecule has 1 aliphatic heterocycles. The molecule has 28 heavy (non-hydrogen) atoms. The number of benzene rings is 1. The molecule has 2 aliphatic rings. The second kappa shape index (κ2) is 10.1. The summed E-state index contributed by atoms with van der Waals surface area (Å²) in [5, 5.41) is 0. The predicted molar refractivity (Wildman–Crippen MR) is 112 cm³/mol. The van der Waals surface area contributed by atoms with E-state index in [-0.39, 0.29) is 24.2 Å². The Labute approximate surface area is 173 Å². The number of carbonyl (C=O) groups is 2. The molecule has 6 nitrogen and oxygen atoms in total. The SMILES string of the molecule is COc1ccc(CCC(=O)N2CCCN(C(=O)C3(N)CCCC3)CC2)cc1.Cl. The molecule has 0 unspecified atom stereocenters. The molecular formula is C21H32ClN3O3. The summed E-state index contributed by atoms with van der Waals surface area (Å²) in [5.41, 5.74) is 6.78. The molecule has 156 valence electrons. The van der Waals surface area contributed by atoms with Crippen molar-refractivity contribution in [3.8, 4) is 5.75 Å². The Morgan fingerprint density at radius 3 is 2.25 bits per heavy atom. The number of amides is 2. The summed E-state index contributed by atoms with van der Waals surface area (Å²) in [6.07, 6.45) is 5.66. The summed E-state index contributed by atoms with van der Waals surface area (Å²) in [4.78, 5) is 29.2. The first kappa shape index (κ1) is 22.5. The number of rotatable bonds is 5. The van der Waals surface area contributed by atoms with Crippen LogP contribution in [0.3, 0.4) is 0 Å². The molecule has 0 atom stereocenters. The Hall–Kier alpha value is -1.79. The van der Waals surface area contributed by atoms with E-state index in [9.17, 15) is 9.59 Å². The number of nitrogens with two attached hydrogens (primary N) is 1. The highest BCUT2D eigenvalue weighted by molar-refractivity contribution is 5.86. The van der Waals surface area contributed by atoms with Crippen molar-refractivity contribution in [2.45, 2.75) is 50.5 Å². The molecule has 1 aromatic rings. The van der Waals surface area contributed by atoms with Gasteiger partial charge in [0.1, 0.15) is 5.75 Å². The van der Waals surface area contributed by atoms with Gasteiger partial charge in [-0.05, 0) is 43.4 Å². The zero-order chi connectivity index (χ0) is 19.3. The zero-order valence-electron chi connectivity index (χ0n) is 16.7. The number of ether oxygens (including phenoxy) is 1. The normalized spacial score (nSPS) is 18.9. The minimum absolute atomic E-state index is 0. The Kier molecular flexibility index (Phi) is 8.13. The lowest BCUT2D eigenvalue weighted by molar-refractivity contribution is -0.137. The Morgan fingerprint density at radius 1 is 1.00 bits per heavy atom. The number of hydrogen-bond donors (Lipinski definition) is 1. The standard InChI is InChI=1S/C21H31N3O3.ClH/c1-27-18-8-5-17(6-9-18)7-10-19(25)23-13-4-14-24(16-15-23)20(26)21(22)11-2-3-12-21;/h5-6,8-9H,2-4,7,10-16,22H2,1H3;1H. The lowest BCUT2D eigenvalue weighted by Gasteiger charge is -2.30. The summed E-state index contributed by atoms with van der Waals surface area (Å²) in [7, 11) is 1.64. The van der Waals surface area contributed by atoms with Crippen molar-refractivity contribution in [1.82, 2.24) is 9.80 Å². The van der Waals surface area contributed by atoms with Crippen LogP contribution < -0.4 is 10.5 Å². The number of hydrogen-bond acceptors (Lipinski definition) is 4. The quantitative estimate of drug-likeness (QED) is 0.810. The molecule has 1 saturated carbocycles. The van der Waals surface area contributed by atoms with Crippen LogP contribution in [0.2, 0.25) is 0 Å². The number of methoxy groups -OCH3 is 1. The number of aryl methyl sites for hydroxylation is 1. The highest BCUT2D eigenvalue weighted by Gasteiger charge is 2.40. The van der Waals surface area contributed by atoms with Crippen molar-refractivity contribution >= 4 is 24.2 Å². The maximum atomic E-state index is 12.8. The molecule has 1 aromatic carbocycles. The van der Waals surface area contributed by atoms with Gasteiger partial charge in [0.2, 0.25) is 11.8 Å². The molecule has 3 rings (SSSR count). The molecule has 0 radical (unpaired) electrons. The topological polar surface area (TPSA) is 75.9 Å². The van der Waals surface area contributed by atoms with Crippen LogP contribution in [-0.2, 0) is 16.0 Å². The van der Waals surface area contributed by atoms with Gasteiger partial charge in [0.05, 0.1) is 12.6 Å². The third kappa shape index (κ3) is 5.39. The van der Waals surface area contributed by atoms with Crippen molar-refractivity contribution in [2.75, 3.05) is 33.3 Å². The van der Waals surface area contributed by atoms with Crippen molar-refractivity contribution in [3.63, 3.8) is 0 Å². The third-order valence-electron chi connectivity index (χ3n) is 5.84. The van der Waals surface area contributed by atoms with Crippen molar-refractivity contribution in [2.24, 2.45) is 5.73 Å². The van der Waals surface area contributed by atoms with E-state index in [0.717, 1.165) is 43.4 Å². The van der Waals surface area contributed by atoms with Gasteiger partial charge in [-0.3, -0.25) is 9.59 Å². The van der Waals surface area contributed by atoms with Gasteiger partial charge >= 0.3 is 0 Å². The van der Waals surface area contributed by atoms with Crippen LogP contribution in [-0.4, -0.2) is 60.4 Å². The van der Waals surface area contributed by atoms with Gasteiger partial charge in [0.15, 0.2) is 0 Å². The Balaban J connectivity index is 0.00000280. The summed E-state index contributed by atoms with van der Waals surface area (Å²) in [5.74, 6) is 1.05. The monoisotopic (exact) mass is 409 g/mol. The van der Waals surface area contributed by atoms with E-state index in [4.69, 9.17) is 10.5 Å². The minimum atomic E-state index is -0.673. The number of carbonyl (C=O) groups excluding carboxylic acids is 2. The number of nitrogens with zero attached hydrogens (tertiary/aromatic N) is 2. The van der Waals surface area contributed by atoms with Crippen LogP contribution in [0.1, 0.15) is 44.1 Å². The fourth-order valence-electron chi connectivity index (χ4n) is 4.11. The lowest BCUT2D eigenvalue weighted by atomic mass is 9.97. The zero-order valence-corrected chi connectivity index (χ0v) is 17.5. The molecule has 1 saturated heterocycles. The van der Waals surface area contributed by atoms with Crippen LogP contribution in [0.5, 0.6) is 5.75 Å². The van der Waals surface area contributed by atoms with E-state index in [1.165, 1.54) is 0 Å². The molecule has 2 amide bonds. The van der Waals surface area contributed by atoms with Crippen LogP contribution in [0.4, 0.5) is 0 Å². The van der Waals surface area contributed by atoms with E-state index in [1.807, 2.05) is 34.1 Å². The molecule has 0 bridgehead atoms. The second-order valence-corrected chi connectivity index (χ2v) is 7.74. The Morgan fingerprint density at radius 2 is 1.61 bits per heavy atom. The van der Waals surface area contributed by atoms with Crippen molar-refractivity contribution in [1.29, 1.82) is 0 Å². The van der Waals surface area contributed by atoms with Crippen LogP contribution in [0.25, 0.3) is 0 Å². The molecule has 2 N–H and O–H groups in total. The average Bonchev–Trinajstić information content (AvgIpc) is 3.00. The van der Waals surface area contributed by atoms with Gasteiger partial charge in [-0.25, -0.2) is 0 Å². The van der Waals surface area contributed by atoms with Gasteiger partial charge in [-0.15, -0.1) is 12.4 Å². The van der Waals surface area contributed by atoms with Crippen molar-refractivity contribution < 1.29 is 14.3 Å². The van der Waals surface area contributed by atoms with Crippen molar-refractivity contribution in [3.05, 3.63) is 29.8 Å². The van der Waals surface area contributed by atoms with Crippen LogP contribution in [0.15, 0.2) is 24.3 Å².